The first-order valence-corrected chi connectivity index (χ1v) is 19.9. The number of phenolic OH excluding ortho intramolecular Hbond substituents is 1. The lowest BCUT2D eigenvalue weighted by Gasteiger charge is -2.36. The maximum atomic E-state index is 17.4. The van der Waals surface area contributed by atoms with Crippen molar-refractivity contribution in [1.82, 2.24) is 19.9 Å². The molecule has 3 saturated heterocycles. The number of amides is 2. The number of hydrazine groups is 1. The summed E-state index contributed by atoms with van der Waals surface area (Å²) < 4.78 is 64.9. The largest absolute Gasteiger partial charge is 0.507 e. The van der Waals surface area contributed by atoms with Crippen LogP contribution in [0.5, 0.6) is 11.8 Å². The molecule has 0 radical (unpaired) electrons. The lowest BCUT2D eigenvalue weighted by atomic mass is 9.95. The zero-order chi connectivity index (χ0) is 41.0. The summed E-state index contributed by atoms with van der Waals surface area (Å²) in [6.45, 7) is 11.8. The molecule has 13 nitrogen and oxygen atoms in total. The molecule has 2 atom stereocenters. The highest BCUT2D eigenvalue weighted by atomic mass is 32.1. The van der Waals surface area contributed by atoms with E-state index in [1.54, 1.807) is 46.6 Å². The molecule has 4 aromatic rings. The van der Waals surface area contributed by atoms with Gasteiger partial charge in [-0.3, -0.25) is 15.2 Å². The summed E-state index contributed by atoms with van der Waals surface area (Å²) >= 11 is 0.766. The monoisotopic (exact) mass is 809 g/mol. The molecular formula is C40H46F3N7O6S. The van der Waals surface area contributed by atoms with Crippen molar-refractivity contribution in [2.45, 2.75) is 103 Å². The van der Waals surface area contributed by atoms with E-state index in [4.69, 9.17) is 19.2 Å². The van der Waals surface area contributed by atoms with Crippen molar-refractivity contribution in [2.75, 3.05) is 43.1 Å². The van der Waals surface area contributed by atoms with Crippen LogP contribution in [-0.4, -0.2) is 92.9 Å². The zero-order valence-electron chi connectivity index (χ0n) is 32.8. The Kier molecular flexibility index (Phi) is 10.6. The van der Waals surface area contributed by atoms with E-state index < -0.39 is 58.0 Å². The number of anilines is 2. The number of phenols is 1. The molecule has 5 heterocycles. The number of carbonyl (C=O) groups excluding carboxylic acids is 2. The van der Waals surface area contributed by atoms with E-state index in [2.05, 4.69) is 15.2 Å². The third-order valence-electron chi connectivity index (χ3n) is 10.3. The average Bonchev–Trinajstić information content (AvgIpc) is 3.69. The van der Waals surface area contributed by atoms with Crippen LogP contribution in [0, 0.1) is 23.0 Å². The second kappa shape index (κ2) is 15.0. The quantitative estimate of drug-likeness (QED) is 0.192. The van der Waals surface area contributed by atoms with Gasteiger partial charge in [0.1, 0.15) is 52.1 Å². The summed E-state index contributed by atoms with van der Waals surface area (Å²) in [6, 6.07) is 5.36. The standard InChI is InChI=1S/C40H46F3N7O6S/c1-38(2,3)55-36(52)47-34-25(19-44)28-23(11-12-26(42)32(28)57-34)29-27(51)17-24-31(30(29)43)45-35(54-21-40-13-10-14-48(40)20-22(41)18-40)46-33(24)49-15-8-7-9-16-50(49)37(53)56-39(4,5)6/h11-12,17,22,51H,7-10,13-16,18,20-21H2,1-6H3,(H,47,52)/t22-,40+/m1/s1. The number of nitrogens with one attached hydrogen (secondary N) is 1. The minimum Gasteiger partial charge on any atom is -0.507 e. The fourth-order valence-corrected chi connectivity index (χ4v) is 9.05. The van der Waals surface area contributed by atoms with Crippen LogP contribution >= 0.6 is 11.3 Å². The fourth-order valence-electron chi connectivity index (χ4n) is 7.98. The Bertz CT molecular complexity index is 2290. The summed E-state index contributed by atoms with van der Waals surface area (Å²) in [4.78, 5) is 37.7. The summed E-state index contributed by atoms with van der Waals surface area (Å²) in [5, 5.41) is 27.5. The van der Waals surface area contributed by atoms with Crippen LogP contribution in [0.2, 0.25) is 0 Å². The number of benzene rings is 2. The number of thiophene rings is 1. The number of halogens is 3. The van der Waals surface area contributed by atoms with Gasteiger partial charge in [0.05, 0.1) is 26.8 Å². The third kappa shape index (κ3) is 7.94. The van der Waals surface area contributed by atoms with Crippen LogP contribution in [-0.2, 0) is 9.47 Å². The Labute approximate surface area is 332 Å². The van der Waals surface area contributed by atoms with Gasteiger partial charge < -0.3 is 19.3 Å². The number of nitrogens with zero attached hydrogens (tertiary/aromatic N) is 6. The number of rotatable bonds is 6. The van der Waals surface area contributed by atoms with Crippen LogP contribution < -0.4 is 15.1 Å². The van der Waals surface area contributed by atoms with Crippen LogP contribution in [0.3, 0.4) is 0 Å². The van der Waals surface area contributed by atoms with Crippen molar-refractivity contribution in [3.05, 3.63) is 35.4 Å². The van der Waals surface area contributed by atoms with E-state index in [9.17, 15) is 24.3 Å². The highest BCUT2D eigenvalue weighted by molar-refractivity contribution is 7.23. The van der Waals surface area contributed by atoms with Crippen molar-refractivity contribution in [2.24, 2.45) is 0 Å². The van der Waals surface area contributed by atoms with Gasteiger partial charge >= 0.3 is 18.2 Å². The normalized spacial score (nSPS) is 20.4. The minimum atomic E-state index is -1.04. The molecule has 3 aliphatic rings. The summed E-state index contributed by atoms with van der Waals surface area (Å²) in [7, 11) is 0. The first-order chi connectivity index (χ1) is 26.9. The molecule has 0 aliphatic carbocycles. The molecule has 57 heavy (non-hydrogen) atoms. The summed E-state index contributed by atoms with van der Waals surface area (Å²) in [5.74, 6) is -2.28. The summed E-state index contributed by atoms with van der Waals surface area (Å²) in [5.41, 5.74) is -3.16. The smallest absolute Gasteiger partial charge is 0.429 e. The number of aromatic nitrogens is 2. The molecule has 0 spiro atoms. The highest BCUT2D eigenvalue weighted by Crippen LogP contribution is 2.48. The van der Waals surface area contributed by atoms with Gasteiger partial charge in [0, 0.05) is 31.4 Å². The number of alkyl halides is 1. The molecule has 2 aromatic carbocycles. The first kappa shape index (κ1) is 40.1. The van der Waals surface area contributed by atoms with E-state index in [1.807, 2.05) is 6.07 Å². The van der Waals surface area contributed by atoms with Crippen LogP contribution in [0.15, 0.2) is 18.2 Å². The lowest BCUT2D eigenvalue weighted by molar-refractivity contribution is 0.0231. The van der Waals surface area contributed by atoms with Crippen molar-refractivity contribution in [1.29, 1.82) is 5.26 Å². The van der Waals surface area contributed by atoms with E-state index >= 15 is 8.78 Å². The molecule has 2 N–H and O–H groups in total. The van der Waals surface area contributed by atoms with Crippen LogP contribution in [0.1, 0.15) is 85.6 Å². The van der Waals surface area contributed by atoms with Gasteiger partial charge in [-0.15, -0.1) is 11.3 Å². The number of ether oxygens (including phenoxy) is 3. The lowest BCUT2D eigenvalue weighted by Crippen LogP contribution is -2.49. The Hall–Kier alpha value is -5.08. The topological polar surface area (TPSA) is 153 Å². The SMILES string of the molecule is CC(C)(C)OC(=O)Nc1sc2c(F)ccc(-c3c(O)cc4c(N5CCCCCN5C(=O)OC(C)(C)C)nc(OC[C@@]56CCCN5C[C@H](F)C6)nc4c3F)c2c1C#N. The third-order valence-corrected chi connectivity index (χ3v) is 11.4. The molecule has 3 aliphatic heterocycles. The van der Waals surface area contributed by atoms with Crippen molar-refractivity contribution in [3.8, 4) is 29.0 Å². The number of aromatic hydroxyl groups is 1. The Morgan fingerprint density at radius 1 is 1.05 bits per heavy atom. The number of nitriles is 1. The average molecular weight is 810 g/mol. The molecule has 2 aromatic heterocycles. The Morgan fingerprint density at radius 3 is 2.51 bits per heavy atom. The van der Waals surface area contributed by atoms with Gasteiger partial charge in [-0.1, -0.05) is 6.07 Å². The molecule has 3 fully saturated rings. The maximum Gasteiger partial charge on any atom is 0.429 e. The molecule has 7 rings (SSSR count). The second-order valence-corrected chi connectivity index (χ2v) is 17.8. The maximum absolute atomic E-state index is 17.4. The first-order valence-electron chi connectivity index (χ1n) is 19.1. The van der Waals surface area contributed by atoms with E-state index in [-0.39, 0.29) is 81.6 Å². The van der Waals surface area contributed by atoms with Crippen molar-refractivity contribution < 1.29 is 42.1 Å². The number of carbonyl (C=O) groups is 2. The molecule has 304 valence electrons. The molecular weight excluding hydrogens is 764 g/mol. The second-order valence-electron chi connectivity index (χ2n) is 16.8. The number of hydrogen-bond donors (Lipinski definition) is 2. The van der Waals surface area contributed by atoms with Gasteiger partial charge in [-0.05, 0) is 97.9 Å². The van der Waals surface area contributed by atoms with Crippen LogP contribution in [0.4, 0.5) is 33.6 Å². The molecule has 17 heteroatoms. The summed E-state index contributed by atoms with van der Waals surface area (Å²) in [6.07, 6.45) is 1.37. The van der Waals surface area contributed by atoms with E-state index in [0.717, 1.165) is 36.8 Å². The molecule has 0 unspecified atom stereocenters. The Balaban J connectivity index is 1.40. The van der Waals surface area contributed by atoms with Crippen molar-refractivity contribution in [3.63, 3.8) is 0 Å². The van der Waals surface area contributed by atoms with Crippen molar-refractivity contribution >= 4 is 55.3 Å². The van der Waals surface area contributed by atoms with E-state index in [0.29, 0.717) is 19.3 Å². The Morgan fingerprint density at radius 2 is 1.79 bits per heavy atom. The number of hydrogen-bond acceptors (Lipinski definition) is 12. The van der Waals surface area contributed by atoms with E-state index in [1.165, 1.54) is 17.1 Å². The zero-order valence-corrected chi connectivity index (χ0v) is 33.6. The minimum absolute atomic E-state index is 0.0276. The van der Waals surface area contributed by atoms with Gasteiger partial charge in [-0.2, -0.15) is 15.2 Å². The molecule has 0 saturated carbocycles. The van der Waals surface area contributed by atoms with Crippen LogP contribution in [0.25, 0.3) is 32.1 Å². The van der Waals surface area contributed by atoms with Gasteiger partial charge in [0.15, 0.2) is 11.6 Å². The number of fused-ring (bicyclic) bond motifs is 3. The fraction of sp³-hybridized carbons (Fsp3) is 0.525. The molecule has 0 bridgehead atoms. The van der Waals surface area contributed by atoms with Gasteiger partial charge in [-0.25, -0.2) is 27.8 Å². The van der Waals surface area contributed by atoms with Gasteiger partial charge in [0.2, 0.25) is 0 Å². The van der Waals surface area contributed by atoms with Gasteiger partial charge in [0.25, 0.3) is 0 Å². The highest BCUT2D eigenvalue weighted by Gasteiger charge is 2.49. The predicted octanol–water partition coefficient (Wildman–Crippen LogP) is 8.81. The molecule has 2 amide bonds. The predicted molar refractivity (Wildman–Crippen MR) is 209 cm³/mol.